The highest BCUT2D eigenvalue weighted by Crippen LogP contribution is 2.26. The molecule has 0 spiro atoms. The minimum absolute atomic E-state index is 0.0839. The summed E-state index contributed by atoms with van der Waals surface area (Å²) in [7, 11) is 0. The van der Waals surface area contributed by atoms with Crippen molar-refractivity contribution in [3.63, 3.8) is 0 Å². The van der Waals surface area contributed by atoms with E-state index >= 15 is 0 Å². The fraction of sp³-hybridized carbons (Fsp3) is 0.810. The van der Waals surface area contributed by atoms with Gasteiger partial charge in [0.05, 0.1) is 12.1 Å². The average molecular weight is 353 g/mol. The predicted molar refractivity (Wildman–Crippen MR) is 107 cm³/mol. The number of ketones is 1. The molecule has 0 fully saturated rings. The van der Waals surface area contributed by atoms with Crippen LogP contribution in [0.15, 0.2) is 12.2 Å². The SMILES string of the molecule is C=C(C(C)C)[C@H](CCC)CC(=O)[C@H](C)NC(=O)[C@@H](NC(C)C)C(C)C. The molecule has 0 bridgehead atoms. The molecule has 2 N–H and O–H groups in total. The van der Waals surface area contributed by atoms with Crippen LogP contribution >= 0.6 is 0 Å². The molecule has 3 atom stereocenters. The summed E-state index contributed by atoms with van der Waals surface area (Å²) in [5, 5.41) is 6.18. The van der Waals surface area contributed by atoms with Crippen LogP contribution in [0, 0.1) is 17.8 Å². The predicted octanol–water partition coefficient (Wildman–Crippen LogP) is 4.10. The van der Waals surface area contributed by atoms with E-state index < -0.39 is 6.04 Å². The standard InChI is InChI=1S/C21H40N2O2/c1-10-11-18(16(8)13(2)3)12-19(24)17(9)23-21(25)20(14(4)5)22-15(6)7/h13-15,17-18,20,22H,8,10-12H2,1-7,9H3,(H,23,25)/t17-,18+,20-/m0/s1. The van der Waals surface area contributed by atoms with E-state index in [0.717, 1.165) is 18.4 Å². The minimum atomic E-state index is -0.470. The number of rotatable bonds is 12. The zero-order valence-electron chi connectivity index (χ0n) is 17.6. The van der Waals surface area contributed by atoms with Gasteiger partial charge in [0.2, 0.25) is 5.91 Å². The molecule has 0 heterocycles. The summed E-state index contributed by atoms with van der Waals surface area (Å²) >= 11 is 0. The minimum Gasteiger partial charge on any atom is -0.345 e. The highest BCUT2D eigenvalue weighted by Gasteiger charge is 2.27. The summed E-state index contributed by atoms with van der Waals surface area (Å²) in [4.78, 5) is 25.2. The van der Waals surface area contributed by atoms with Gasteiger partial charge in [-0.15, -0.1) is 0 Å². The molecule has 0 aromatic rings. The summed E-state index contributed by atoms with van der Waals surface area (Å²) in [6.45, 7) is 20.4. The van der Waals surface area contributed by atoms with Gasteiger partial charge in [-0.25, -0.2) is 0 Å². The molecule has 0 aromatic heterocycles. The van der Waals surface area contributed by atoms with Gasteiger partial charge >= 0.3 is 0 Å². The molecule has 25 heavy (non-hydrogen) atoms. The zero-order valence-corrected chi connectivity index (χ0v) is 17.6. The molecule has 0 unspecified atom stereocenters. The first-order valence-electron chi connectivity index (χ1n) is 9.78. The summed E-state index contributed by atoms with van der Waals surface area (Å²) in [6.07, 6.45) is 2.45. The second-order valence-electron chi connectivity index (χ2n) is 8.16. The highest BCUT2D eigenvalue weighted by atomic mass is 16.2. The maximum Gasteiger partial charge on any atom is 0.237 e. The number of nitrogens with one attached hydrogen (secondary N) is 2. The van der Waals surface area contributed by atoms with Gasteiger partial charge in [-0.1, -0.05) is 67.0 Å². The fourth-order valence-electron chi connectivity index (χ4n) is 2.97. The van der Waals surface area contributed by atoms with Gasteiger partial charge in [0, 0.05) is 12.5 Å². The lowest BCUT2D eigenvalue weighted by Crippen LogP contribution is -2.53. The van der Waals surface area contributed by atoms with Gasteiger partial charge in [0.25, 0.3) is 0 Å². The number of carbonyl (C=O) groups is 2. The van der Waals surface area contributed by atoms with Crippen LogP contribution in [-0.2, 0) is 9.59 Å². The molecule has 0 rings (SSSR count). The number of hydrogen-bond acceptors (Lipinski definition) is 3. The van der Waals surface area contributed by atoms with Crippen molar-refractivity contribution in [1.29, 1.82) is 0 Å². The van der Waals surface area contributed by atoms with E-state index in [-0.39, 0.29) is 35.6 Å². The van der Waals surface area contributed by atoms with Crippen molar-refractivity contribution in [2.45, 2.75) is 92.8 Å². The maximum atomic E-state index is 12.6. The Morgan fingerprint density at radius 1 is 1.00 bits per heavy atom. The number of Topliss-reactive ketones (excluding diaryl/α,β-unsaturated/α-hetero) is 1. The van der Waals surface area contributed by atoms with E-state index in [0.29, 0.717) is 12.3 Å². The molecular formula is C21H40N2O2. The molecule has 1 amide bonds. The largest absolute Gasteiger partial charge is 0.345 e. The Balaban J connectivity index is 4.86. The lowest BCUT2D eigenvalue weighted by Gasteiger charge is -2.27. The van der Waals surface area contributed by atoms with Gasteiger partial charge in [-0.05, 0) is 31.1 Å². The van der Waals surface area contributed by atoms with Crippen LogP contribution in [0.5, 0.6) is 0 Å². The van der Waals surface area contributed by atoms with Crippen molar-refractivity contribution in [3.05, 3.63) is 12.2 Å². The highest BCUT2D eigenvalue weighted by molar-refractivity contribution is 5.91. The van der Waals surface area contributed by atoms with Crippen LogP contribution in [0.1, 0.15) is 74.7 Å². The van der Waals surface area contributed by atoms with Gasteiger partial charge in [0.15, 0.2) is 5.78 Å². The van der Waals surface area contributed by atoms with Gasteiger partial charge in [0.1, 0.15) is 0 Å². The number of allylic oxidation sites excluding steroid dienone is 1. The third kappa shape index (κ3) is 8.66. The van der Waals surface area contributed by atoms with Crippen molar-refractivity contribution >= 4 is 11.7 Å². The lowest BCUT2D eigenvalue weighted by atomic mass is 9.83. The van der Waals surface area contributed by atoms with Crippen LogP contribution in [0.25, 0.3) is 0 Å². The normalized spacial score (nSPS) is 15.3. The molecular weight excluding hydrogens is 312 g/mol. The van der Waals surface area contributed by atoms with Crippen molar-refractivity contribution in [2.24, 2.45) is 17.8 Å². The number of amides is 1. The van der Waals surface area contributed by atoms with Crippen molar-refractivity contribution in [3.8, 4) is 0 Å². The van der Waals surface area contributed by atoms with Gasteiger partial charge in [-0.3, -0.25) is 9.59 Å². The molecule has 0 radical (unpaired) electrons. The van der Waals surface area contributed by atoms with E-state index in [4.69, 9.17) is 0 Å². The molecule has 4 nitrogen and oxygen atoms in total. The molecule has 146 valence electrons. The van der Waals surface area contributed by atoms with E-state index in [1.54, 1.807) is 6.92 Å². The van der Waals surface area contributed by atoms with Gasteiger partial charge in [-0.2, -0.15) is 0 Å². The molecule has 0 aliphatic carbocycles. The van der Waals surface area contributed by atoms with Gasteiger partial charge < -0.3 is 10.6 Å². The summed E-state index contributed by atoms with van der Waals surface area (Å²) < 4.78 is 0. The summed E-state index contributed by atoms with van der Waals surface area (Å²) in [5.74, 6) is 0.722. The second-order valence-corrected chi connectivity index (χ2v) is 8.16. The van der Waals surface area contributed by atoms with Crippen molar-refractivity contribution in [2.75, 3.05) is 0 Å². The Hall–Kier alpha value is -1.16. The Morgan fingerprint density at radius 3 is 1.96 bits per heavy atom. The summed E-state index contributed by atoms with van der Waals surface area (Å²) in [6, 6.07) is -0.540. The first kappa shape index (κ1) is 23.8. The van der Waals surface area contributed by atoms with E-state index in [1.807, 2.05) is 27.7 Å². The molecule has 4 heteroatoms. The second kappa shape index (κ2) is 11.5. The Labute approximate surface area is 155 Å². The van der Waals surface area contributed by atoms with E-state index in [2.05, 4.69) is 38.0 Å². The first-order chi connectivity index (χ1) is 11.5. The van der Waals surface area contributed by atoms with Crippen LogP contribution in [0.4, 0.5) is 0 Å². The van der Waals surface area contributed by atoms with Crippen LogP contribution in [0.3, 0.4) is 0 Å². The Bertz CT molecular complexity index is 441. The number of carbonyl (C=O) groups excluding carboxylic acids is 2. The van der Waals surface area contributed by atoms with E-state index in [1.165, 1.54) is 0 Å². The zero-order chi connectivity index (χ0) is 19.7. The van der Waals surface area contributed by atoms with E-state index in [9.17, 15) is 9.59 Å². The third-order valence-electron chi connectivity index (χ3n) is 4.65. The van der Waals surface area contributed by atoms with Crippen LogP contribution in [-0.4, -0.2) is 29.8 Å². The maximum absolute atomic E-state index is 12.6. The molecule has 0 aliphatic heterocycles. The lowest BCUT2D eigenvalue weighted by molar-refractivity contribution is -0.129. The monoisotopic (exact) mass is 352 g/mol. The van der Waals surface area contributed by atoms with Crippen molar-refractivity contribution in [1.82, 2.24) is 10.6 Å². The molecule has 0 saturated carbocycles. The first-order valence-corrected chi connectivity index (χ1v) is 9.78. The van der Waals surface area contributed by atoms with Crippen molar-refractivity contribution < 1.29 is 9.59 Å². The van der Waals surface area contributed by atoms with Crippen LogP contribution in [0.2, 0.25) is 0 Å². The quantitative estimate of drug-likeness (QED) is 0.520. The summed E-state index contributed by atoms with van der Waals surface area (Å²) in [5.41, 5.74) is 1.13. The Kier molecular flexibility index (Phi) is 10.9. The average Bonchev–Trinajstić information content (AvgIpc) is 2.50. The Morgan fingerprint density at radius 2 is 1.56 bits per heavy atom. The molecule has 0 aliphatic rings. The number of hydrogen-bond donors (Lipinski definition) is 2. The molecule has 0 aromatic carbocycles. The fourth-order valence-corrected chi connectivity index (χ4v) is 2.97. The van der Waals surface area contributed by atoms with Crippen LogP contribution < -0.4 is 10.6 Å². The smallest absolute Gasteiger partial charge is 0.237 e. The third-order valence-corrected chi connectivity index (χ3v) is 4.65. The topological polar surface area (TPSA) is 58.2 Å². The molecule has 0 saturated heterocycles.